The van der Waals surface area contributed by atoms with E-state index in [-0.39, 0.29) is 20.9 Å². The van der Waals surface area contributed by atoms with Gasteiger partial charge in [-0.2, -0.15) is 0 Å². The number of hydrogen-bond acceptors (Lipinski definition) is 4. The lowest BCUT2D eigenvalue weighted by atomic mass is 10.2. The van der Waals surface area contributed by atoms with Gasteiger partial charge < -0.3 is 5.32 Å². The van der Waals surface area contributed by atoms with Crippen LogP contribution in [-0.2, 0) is 0 Å². The number of nitro groups is 1. The molecule has 1 amide bonds. The first-order valence-corrected chi connectivity index (χ1v) is 6.62. The standard InChI is InChI=1S/C12H6BrClFN3O3/c13-8-3-6(1-2-9(8)15)17-12(19)7-4-11(14)16-5-10(7)18(20)21/h1-5H,(H,17,19). The highest BCUT2D eigenvalue weighted by Crippen LogP contribution is 2.24. The number of amides is 1. The summed E-state index contributed by atoms with van der Waals surface area (Å²) >= 11 is 8.62. The third-order valence-electron chi connectivity index (χ3n) is 2.47. The monoisotopic (exact) mass is 373 g/mol. The number of nitrogens with one attached hydrogen (secondary N) is 1. The first-order chi connectivity index (χ1) is 9.88. The van der Waals surface area contributed by atoms with Gasteiger partial charge in [-0.15, -0.1) is 0 Å². The molecule has 0 saturated heterocycles. The lowest BCUT2D eigenvalue weighted by molar-refractivity contribution is -0.385. The Bertz CT molecular complexity index is 742. The maximum Gasteiger partial charge on any atom is 0.300 e. The fourth-order valence-electron chi connectivity index (χ4n) is 1.52. The molecule has 108 valence electrons. The van der Waals surface area contributed by atoms with E-state index in [1.165, 1.54) is 12.1 Å². The fourth-order valence-corrected chi connectivity index (χ4v) is 2.06. The number of nitrogens with zero attached hydrogens (tertiary/aromatic N) is 2. The highest BCUT2D eigenvalue weighted by atomic mass is 79.9. The lowest BCUT2D eigenvalue weighted by Crippen LogP contribution is -2.14. The van der Waals surface area contributed by atoms with E-state index in [1.54, 1.807) is 0 Å². The van der Waals surface area contributed by atoms with Gasteiger partial charge in [0.2, 0.25) is 0 Å². The topological polar surface area (TPSA) is 85.1 Å². The maximum atomic E-state index is 13.1. The summed E-state index contributed by atoms with van der Waals surface area (Å²) < 4.78 is 13.3. The zero-order valence-electron chi connectivity index (χ0n) is 10.1. The number of carbonyl (C=O) groups excluding carboxylic acids is 1. The number of benzene rings is 1. The smallest absolute Gasteiger partial charge is 0.300 e. The highest BCUT2D eigenvalue weighted by Gasteiger charge is 2.21. The van der Waals surface area contributed by atoms with Gasteiger partial charge in [0.25, 0.3) is 11.6 Å². The molecule has 6 nitrogen and oxygen atoms in total. The molecule has 0 aliphatic carbocycles. The minimum atomic E-state index is -0.746. The van der Waals surface area contributed by atoms with Crippen molar-refractivity contribution in [3.05, 3.63) is 61.6 Å². The Kier molecular flexibility index (Phi) is 4.49. The van der Waals surface area contributed by atoms with Crippen molar-refractivity contribution in [3.63, 3.8) is 0 Å². The number of rotatable bonds is 3. The van der Waals surface area contributed by atoms with Gasteiger partial charge in [-0.1, -0.05) is 11.6 Å². The van der Waals surface area contributed by atoms with Crippen molar-refractivity contribution in [1.29, 1.82) is 0 Å². The largest absolute Gasteiger partial charge is 0.322 e. The SMILES string of the molecule is O=C(Nc1ccc(F)c(Br)c1)c1cc(Cl)ncc1[N+](=O)[O-]. The number of hydrogen-bond donors (Lipinski definition) is 1. The second-order valence-corrected chi connectivity index (χ2v) is 5.11. The molecule has 0 fully saturated rings. The normalized spacial score (nSPS) is 10.2. The van der Waals surface area contributed by atoms with Crippen LogP contribution < -0.4 is 5.32 Å². The van der Waals surface area contributed by atoms with Gasteiger partial charge in [0, 0.05) is 5.69 Å². The third kappa shape index (κ3) is 3.53. The minimum Gasteiger partial charge on any atom is -0.322 e. The molecule has 1 N–H and O–H groups in total. The summed E-state index contributed by atoms with van der Waals surface area (Å²) in [5, 5.41) is 13.2. The Labute approximate surface area is 131 Å². The van der Waals surface area contributed by atoms with Gasteiger partial charge in [-0.3, -0.25) is 14.9 Å². The summed E-state index contributed by atoms with van der Waals surface area (Å²) in [6.07, 6.45) is 0.901. The zero-order chi connectivity index (χ0) is 15.6. The Morgan fingerprint density at radius 3 is 2.76 bits per heavy atom. The van der Waals surface area contributed by atoms with Gasteiger partial charge >= 0.3 is 0 Å². The first kappa shape index (κ1) is 15.3. The number of anilines is 1. The van der Waals surface area contributed by atoms with E-state index in [0.29, 0.717) is 0 Å². The summed E-state index contributed by atoms with van der Waals surface area (Å²) in [4.78, 5) is 25.8. The lowest BCUT2D eigenvalue weighted by Gasteiger charge is -2.06. The van der Waals surface area contributed by atoms with Crippen LogP contribution in [0.5, 0.6) is 0 Å². The maximum absolute atomic E-state index is 13.1. The Balaban J connectivity index is 2.34. The van der Waals surface area contributed by atoms with Gasteiger partial charge in [0.05, 0.1) is 9.40 Å². The van der Waals surface area contributed by atoms with E-state index < -0.39 is 22.3 Å². The molecule has 0 bridgehead atoms. The molecule has 2 rings (SSSR count). The van der Waals surface area contributed by atoms with Crippen LogP contribution >= 0.6 is 27.5 Å². The van der Waals surface area contributed by atoms with Crippen molar-refractivity contribution in [2.75, 3.05) is 5.32 Å². The Morgan fingerprint density at radius 2 is 2.14 bits per heavy atom. The van der Waals surface area contributed by atoms with Crippen molar-refractivity contribution in [1.82, 2.24) is 4.98 Å². The van der Waals surface area contributed by atoms with Crippen LogP contribution in [0.25, 0.3) is 0 Å². The molecule has 0 aliphatic heterocycles. The van der Waals surface area contributed by atoms with Crippen molar-refractivity contribution >= 4 is 44.8 Å². The highest BCUT2D eigenvalue weighted by molar-refractivity contribution is 9.10. The second-order valence-electron chi connectivity index (χ2n) is 3.86. The van der Waals surface area contributed by atoms with E-state index in [4.69, 9.17) is 11.6 Å². The Hall–Kier alpha value is -2.06. The third-order valence-corrected chi connectivity index (χ3v) is 3.28. The molecule has 0 saturated carbocycles. The summed E-state index contributed by atoms with van der Waals surface area (Å²) in [6.45, 7) is 0. The number of carbonyl (C=O) groups is 1. The molecule has 0 unspecified atom stereocenters. The minimum absolute atomic E-state index is 0.0500. The van der Waals surface area contributed by atoms with Gasteiger partial charge in [0.1, 0.15) is 22.7 Å². The molecular formula is C12H6BrClFN3O3. The van der Waals surface area contributed by atoms with Crippen LogP contribution in [0.2, 0.25) is 5.15 Å². The van der Waals surface area contributed by atoms with Crippen molar-refractivity contribution in [2.24, 2.45) is 0 Å². The van der Waals surface area contributed by atoms with E-state index in [2.05, 4.69) is 26.2 Å². The molecule has 0 atom stereocenters. The van der Waals surface area contributed by atoms with Crippen molar-refractivity contribution in [2.45, 2.75) is 0 Å². The second kappa shape index (κ2) is 6.15. The van der Waals surface area contributed by atoms with Crippen LogP contribution in [-0.4, -0.2) is 15.8 Å². The van der Waals surface area contributed by atoms with Gasteiger partial charge in [0.15, 0.2) is 0 Å². The van der Waals surface area contributed by atoms with Crippen LogP contribution in [0, 0.1) is 15.9 Å². The molecule has 9 heteroatoms. The summed E-state index contributed by atoms with van der Waals surface area (Å²) in [6, 6.07) is 4.90. The molecule has 1 aromatic heterocycles. The number of halogens is 3. The van der Waals surface area contributed by atoms with Crippen molar-refractivity contribution < 1.29 is 14.1 Å². The van der Waals surface area contributed by atoms with E-state index >= 15 is 0 Å². The van der Waals surface area contributed by atoms with Crippen LogP contribution in [0.4, 0.5) is 15.8 Å². The average molecular weight is 375 g/mol. The molecule has 0 aliphatic rings. The van der Waals surface area contributed by atoms with Crippen molar-refractivity contribution in [3.8, 4) is 0 Å². The molecule has 1 heterocycles. The quantitative estimate of drug-likeness (QED) is 0.503. The van der Waals surface area contributed by atoms with Gasteiger partial charge in [-0.05, 0) is 40.2 Å². The first-order valence-electron chi connectivity index (χ1n) is 5.45. The van der Waals surface area contributed by atoms with Crippen LogP contribution in [0.15, 0.2) is 34.9 Å². The predicted molar refractivity (Wildman–Crippen MR) is 78.0 cm³/mol. The predicted octanol–water partition coefficient (Wildman–Crippen LogP) is 3.80. The summed E-state index contributed by atoms with van der Waals surface area (Å²) in [5.74, 6) is -1.24. The fraction of sp³-hybridized carbons (Fsp3) is 0. The molecule has 0 spiro atoms. The van der Waals surface area contributed by atoms with E-state index in [9.17, 15) is 19.3 Å². The Morgan fingerprint density at radius 1 is 1.43 bits per heavy atom. The number of pyridine rings is 1. The molecule has 2 aromatic rings. The molecule has 1 aromatic carbocycles. The summed E-state index contributed by atoms with van der Waals surface area (Å²) in [5.41, 5.74) is -0.436. The van der Waals surface area contributed by atoms with E-state index in [0.717, 1.165) is 18.3 Å². The van der Waals surface area contributed by atoms with Gasteiger partial charge in [-0.25, -0.2) is 9.37 Å². The number of aromatic nitrogens is 1. The summed E-state index contributed by atoms with van der Waals surface area (Å²) in [7, 11) is 0. The zero-order valence-corrected chi connectivity index (χ0v) is 12.5. The average Bonchev–Trinajstić information content (AvgIpc) is 2.42. The van der Waals surface area contributed by atoms with Crippen LogP contribution in [0.1, 0.15) is 10.4 Å². The molecular weight excluding hydrogens is 369 g/mol. The molecule has 0 radical (unpaired) electrons. The van der Waals surface area contributed by atoms with E-state index in [1.807, 2.05) is 0 Å². The molecule has 21 heavy (non-hydrogen) atoms. The van der Waals surface area contributed by atoms with Crippen LogP contribution in [0.3, 0.4) is 0 Å².